The van der Waals surface area contributed by atoms with E-state index in [1.165, 1.54) is 6.42 Å². The van der Waals surface area contributed by atoms with Crippen molar-refractivity contribution in [2.24, 2.45) is 17.6 Å². The maximum absolute atomic E-state index is 5.83. The summed E-state index contributed by atoms with van der Waals surface area (Å²) in [5.41, 5.74) is 5.83. The van der Waals surface area contributed by atoms with Crippen LogP contribution < -0.4 is 5.73 Å². The lowest BCUT2D eigenvalue weighted by Gasteiger charge is -2.35. The Bertz CT molecular complexity index is 537. The van der Waals surface area contributed by atoms with Gasteiger partial charge in [-0.3, -0.25) is 4.90 Å². The maximum Gasteiger partial charge on any atom is 0.293 e. The molecule has 0 aromatic carbocycles. The molecule has 2 aromatic rings. The van der Waals surface area contributed by atoms with Crippen LogP contribution >= 0.6 is 0 Å². The third-order valence-electron chi connectivity index (χ3n) is 4.07. The molecule has 0 radical (unpaired) electrons. The van der Waals surface area contributed by atoms with Crippen LogP contribution in [0.1, 0.15) is 19.2 Å². The molecule has 0 bridgehead atoms. The van der Waals surface area contributed by atoms with Gasteiger partial charge in [-0.25, -0.2) is 0 Å². The number of nitrogens with two attached hydrogens (primary N) is 1. The van der Waals surface area contributed by atoms with Crippen molar-refractivity contribution >= 4 is 0 Å². The van der Waals surface area contributed by atoms with Gasteiger partial charge in [-0.15, -0.1) is 0 Å². The van der Waals surface area contributed by atoms with Gasteiger partial charge < -0.3 is 14.7 Å². The zero-order valence-electron chi connectivity index (χ0n) is 11.7. The number of aromatic nitrogens is 2. The number of likely N-dealkylation sites (tertiary alicyclic amines) is 1. The molecule has 0 aliphatic carbocycles. The molecule has 6 heteroatoms. The highest BCUT2D eigenvalue weighted by molar-refractivity contribution is 5.42. The monoisotopic (exact) mass is 276 g/mol. The zero-order valence-corrected chi connectivity index (χ0v) is 11.7. The first-order chi connectivity index (χ1) is 9.76. The summed E-state index contributed by atoms with van der Waals surface area (Å²) in [7, 11) is 0. The molecule has 0 spiro atoms. The SMILES string of the molecule is CC1CCN(Cc2noc(-c3ccco3)n2)CC1CN. The van der Waals surface area contributed by atoms with Crippen molar-refractivity contribution in [3.05, 3.63) is 24.2 Å². The second kappa shape index (κ2) is 5.76. The van der Waals surface area contributed by atoms with E-state index in [0.717, 1.165) is 19.6 Å². The normalized spacial score (nSPS) is 24.1. The van der Waals surface area contributed by atoms with Crippen LogP contribution in [0.25, 0.3) is 11.7 Å². The van der Waals surface area contributed by atoms with Crippen molar-refractivity contribution in [3.8, 4) is 11.7 Å². The topological polar surface area (TPSA) is 81.3 Å². The number of nitrogens with zero attached hydrogens (tertiary/aromatic N) is 3. The van der Waals surface area contributed by atoms with Gasteiger partial charge >= 0.3 is 0 Å². The molecular weight excluding hydrogens is 256 g/mol. The van der Waals surface area contributed by atoms with Gasteiger partial charge in [0.1, 0.15) is 0 Å². The molecule has 1 fully saturated rings. The van der Waals surface area contributed by atoms with Crippen LogP contribution in [-0.2, 0) is 6.54 Å². The van der Waals surface area contributed by atoms with Gasteiger partial charge in [0, 0.05) is 6.54 Å². The number of rotatable bonds is 4. The lowest BCUT2D eigenvalue weighted by molar-refractivity contribution is 0.122. The van der Waals surface area contributed by atoms with E-state index in [4.69, 9.17) is 14.7 Å². The highest BCUT2D eigenvalue weighted by Gasteiger charge is 2.26. The Hall–Kier alpha value is -1.66. The van der Waals surface area contributed by atoms with Crippen LogP contribution in [0.15, 0.2) is 27.3 Å². The van der Waals surface area contributed by atoms with Crippen LogP contribution in [0, 0.1) is 11.8 Å². The lowest BCUT2D eigenvalue weighted by atomic mass is 9.87. The fraction of sp³-hybridized carbons (Fsp3) is 0.571. The van der Waals surface area contributed by atoms with Crippen LogP contribution in [0.5, 0.6) is 0 Å². The predicted octanol–water partition coefficient (Wildman–Crippen LogP) is 1.75. The van der Waals surface area contributed by atoms with E-state index < -0.39 is 0 Å². The molecule has 3 rings (SSSR count). The molecule has 1 saturated heterocycles. The Kier molecular flexibility index (Phi) is 3.84. The quantitative estimate of drug-likeness (QED) is 0.916. The Morgan fingerprint density at radius 3 is 3.15 bits per heavy atom. The van der Waals surface area contributed by atoms with Crippen molar-refractivity contribution in [1.82, 2.24) is 15.0 Å². The highest BCUT2D eigenvalue weighted by Crippen LogP contribution is 2.23. The van der Waals surface area contributed by atoms with Gasteiger partial charge in [0.25, 0.3) is 5.89 Å². The van der Waals surface area contributed by atoms with E-state index in [0.29, 0.717) is 35.9 Å². The summed E-state index contributed by atoms with van der Waals surface area (Å²) in [5.74, 6) is 2.99. The van der Waals surface area contributed by atoms with Gasteiger partial charge in [0.2, 0.25) is 0 Å². The van der Waals surface area contributed by atoms with Crippen LogP contribution in [0.3, 0.4) is 0 Å². The van der Waals surface area contributed by atoms with E-state index in [1.807, 2.05) is 6.07 Å². The minimum absolute atomic E-state index is 0.436. The van der Waals surface area contributed by atoms with Crippen molar-refractivity contribution in [3.63, 3.8) is 0 Å². The molecule has 2 atom stereocenters. The van der Waals surface area contributed by atoms with E-state index in [1.54, 1.807) is 12.3 Å². The molecule has 1 aliphatic heterocycles. The Balaban J connectivity index is 1.64. The predicted molar refractivity (Wildman–Crippen MR) is 73.6 cm³/mol. The standard InChI is InChI=1S/C14H20N4O2/c1-10-4-5-18(8-11(10)7-15)9-13-16-14(20-17-13)12-3-2-6-19-12/h2-3,6,10-11H,4-5,7-9,15H2,1H3. The van der Waals surface area contributed by atoms with Crippen molar-refractivity contribution in [2.75, 3.05) is 19.6 Å². The third-order valence-corrected chi connectivity index (χ3v) is 4.07. The summed E-state index contributed by atoms with van der Waals surface area (Å²) in [6, 6.07) is 3.61. The molecule has 0 saturated carbocycles. The summed E-state index contributed by atoms with van der Waals surface area (Å²) >= 11 is 0. The minimum Gasteiger partial charge on any atom is -0.459 e. The van der Waals surface area contributed by atoms with Crippen LogP contribution in [0.4, 0.5) is 0 Å². The fourth-order valence-electron chi connectivity index (χ4n) is 2.69. The summed E-state index contributed by atoms with van der Waals surface area (Å²) in [5, 5.41) is 4.02. The Morgan fingerprint density at radius 2 is 2.40 bits per heavy atom. The summed E-state index contributed by atoms with van der Waals surface area (Å²) in [6.07, 6.45) is 2.77. The molecule has 2 N–H and O–H groups in total. The number of hydrogen-bond donors (Lipinski definition) is 1. The van der Waals surface area contributed by atoms with Gasteiger partial charge in [-0.05, 0) is 43.5 Å². The average molecular weight is 276 g/mol. The lowest BCUT2D eigenvalue weighted by Crippen LogP contribution is -2.42. The average Bonchev–Trinajstić information content (AvgIpc) is 3.11. The number of furan rings is 1. The summed E-state index contributed by atoms with van der Waals surface area (Å²) in [6.45, 7) is 5.78. The van der Waals surface area contributed by atoms with Gasteiger partial charge in [0.15, 0.2) is 11.6 Å². The molecule has 108 valence electrons. The highest BCUT2D eigenvalue weighted by atomic mass is 16.5. The maximum atomic E-state index is 5.83. The summed E-state index contributed by atoms with van der Waals surface area (Å²) in [4.78, 5) is 6.71. The Labute approximate surface area is 117 Å². The van der Waals surface area contributed by atoms with E-state index in [-0.39, 0.29) is 0 Å². The van der Waals surface area contributed by atoms with E-state index >= 15 is 0 Å². The smallest absolute Gasteiger partial charge is 0.293 e. The van der Waals surface area contributed by atoms with Gasteiger partial charge in [-0.2, -0.15) is 4.98 Å². The first kappa shape index (κ1) is 13.3. The van der Waals surface area contributed by atoms with Gasteiger partial charge in [-0.1, -0.05) is 12.1 Å². The van der Waals surface area contributed by atoms with E-state index in [2.05, 4.69) is 22.0 Å². The second-order valence-electron chi connectivity index (χ2n) is 5.49. The van der Waals surface area contributed by atoms with Crippen molar-refractivity contribution in [1.29, 1.82) is 0 Å². The van der Waals surface area contributed by atoms with E-state index in [9.17, 15) is 0 Å². The zero-order chi connectivity index (χ0) is 13.9. The second-order valence-corrected chi connectivity index (χ2v) is 5.49. The molecule has 6 nitrogen and oxygen atoms in total. The largest absolute Gasteiger partial charge is 0.459 e. The number of hydrogen-bond acceptors (Lipinski definition) is 6. The molecule has 1 aliphatic rings. The Morgan fingerprint density at radius 1 is 1.50 bits per heavy atom. The molecule has 20 heavy (non-hydrogen) atoms. The van der Waals surface area contributed by atoms with Crippen molar-refractivity contribution in [2.45, 2.75) is 19.9 Å². The molecule has 3 heterocycles. The van der Waals surface area contributed by atoms with Gasteiger partial charge in [0.05, 0.1) is 12.8 Å². The van der Waals surface area contributed by atoms with Crippen molar-refractivity contribution < 1.29 is 8.94 Å². The first-order valence-corrected chi connectivity index (χ1v) is 7.05. The molecule has 0 amide bonds. The minimum atomic E-state index is 0.436. The summed E-state index contributed by atoms with van der Waals surface area (Å²) < 4.78 is 10.5. The van der Waals surface area contributed by atoms with Crippen LogP contribution in [-0.4, -0.2) is 34.7 Å². The third kappa shape index (κ3) is 2.76. The number of piperidine rings is 1. The fourth-order valence-corrected chi connectivity index (χ4v) is 2.69. The first-order valence-electron chi connectivity index (χ1n) is 7.05. The molecule has 2 aromatic heterocycles. The molecular formula is C14H20N4O2. The van der Waals surface area contributed by atoms with Crippen LogP contribution in [0.2, 0.25) is 0 Å². The molecule has 2 unspecified atom stereocenters.